The van der Waals surface area contributed by atoms with Gasteiger partial charge in [0.25, 0.3) is 0 Å². The third-order valence-electron chi connectivity index (χ3n) is 7.40. The third kappa shape index (κ3) is 2.79. The number of allylic oxidation sites excluding steroid dienone is 10. The molecule has 0 heteroatoms. The molecule has 0 aromatic rings. The van der Waals surface area contributed by atoms with Crippen molar-refractivity contribution < 1.29 is 0 Å². The van der Waals surface area contributed by atoms with Gasteiger partial charge in [-0.25, -0.2) is 0 Å². The molecular weight excluding hydrogens is 288 g/mol. The lowest BCUT2D eigenvalue weighted by atomic mass is 9.86. The molecular formula is C24H30. The van der Waals surface area contributed by atoms with Gasteiger partial charge in [0.15, 0.2) is 0 Å². The third-order valence-corrected chi connectivity index (χ3v) is 7.40. The van der Waals surface area contributed by atoms with Crippen molar-refractivity contribution in [2.45, 2.75) is 57.8 Å². The van der Waals surface area contributed by atoms with Crippen molar-refractivity contribution in [1.82, 2.24) is 0 Å². The van der Waals surface area contributed by atoms with Gasteiger partial charge < -0.3 is 0 Å². The Hall–Kier alpha value is -1.30. The lowest BCUT2D eigenvalue weighted by Crippen LogP contribution is -2.12. The van der Waals surface area contributed by atoms with Crippen molar-refractivity contribution in [2.75, 3.05) is 0 Å². The second-order valence-electron chi connectivity index (χ2n) is 8.89. The normalized spacial score (nSPS) is 40.7. The van der Waals surface area contributed by atoms with Gasteiger partial charge in [-0.2, -0.15) is 0 Å². The van der Waals surface area contributed by atoms with E-state index in [0.717, 1.165) is 29.6 Å². The summed E-state index contributed by atoms with van der Waals surface area (Å²) in [5.41, 5.74) is 5.04. The number of rotatable bonds is 0. The highest BCUT2D eigenvalue weighted by Gasteiger charge is 2.44. The molecule has 5 atom stereocenters. The predicted molar refractivity (Wildman–Crippen MR) is 102 cm³/mol. The van der Waals surface area contributed by atoms with Crippen molar-refractivity contribution in [3.63, 3.8) is 0 Å². The van der Waals surface area contributed by atoms with Crippen LogP contribution in [-0.4, -0.2) is 0 Å². The molecule has 0 aromatic carbocycles. The Morgan fingerprint density at radius 3 is 2.08 bits per heavy atom. The topological polar surface area (TPSA) is 0 Å². The maximum Gasteiger partial charge on any atom is -0.0102 e. The highest BCUT2D eigenvalue weighted by atomic mass is 14.5. The maximum absolute atomic E-state index is 2.44. The molecule has 6 bridgehead atoms. The predicted octanol–water partition coefficient (Wildman–Crippen LogP) is 6.54. The molecule has 0 saturated heterocycles. The highest BCUT2D eigenvalue weighted by Crippen LogP contribution is 2.52. The molecule has 0 radical (unpaired) electrons. The summed E-state index contributed by atoms with van der Waals surface area (Å²) in [5.74, 6) is 4.90. The molecule has 0 N–H and O–H groups in total. The van der Waals surface area contributed by atoms with Gasteiger partial charge in [0.2, 0.25) is 0 Å². The minimum atomic E-state index is 0.925. The summed E-state index contributed by atoms with van der Waals surface area (Å²) in [6.45, 7) is 0. The molecule has 0 aliphatic heterocycles. The summed E-state index contributed by atoms with van der Waals surface area (Å²) in [6, 6.07) is 0. The zero-order valence-corrected chi connectivity index (χ0v) is 14.8. The molecule has 7 rings (SSSR count). The lowest BCUT2D eigenvalue weighted by Gasteiger charge is -2.18. The van der Waals surface area contributed by atoms with Gasteiger partial charge in [-0.3, -0.25) is 0 Å². The van der Waals surface area contributed by atoms with Gasteiger partial charge in [0, 0.05) is 0 Å². The molecule has 0 amide bonds. The van der Waals surface area contributed by atoms with Crippen molar-refractivity contribution >= 4 is 0 Å². The van der Waals surface area contributed by atoms with Crippen LogP contribution in [0.1, 0.15) is 57.8 Å². The average Bonchev–Trinajstić information content (AvgIpc) is 3.48. The van der Waals surface area contributed by atoms with Crippen LogP contribution in [0, 0.1) is 29.6 Å². The monoisotopic (exact) mass is 318 g/mol. The average molecular weight is 319 g/mol. The van der Waals surface area contributed by atoms with Crippen LogP contribution in [0.25, 0.3) is 0 Å². The van der Waals surface area contributed by atoms with E-state index in [1.54, 1.807) is 16.7 Å². The highest BCUT2D eigenvalue weighted by molar-refractivity contribution is 5.36. The van der Waals surface area contributed by atoms with E-state index >= 15 is 0 Å². The fourth-order valence-electron chi connectivity index (χ4n) is 5.97. The Morgan fingerprint density at radius 1 is 0.792 bits per heavy atom. The minimum Gasteiger partial charge on any atom is -0.0879 e. The summed E-state index contributed by atoms with van der Waals surface area (Å²) < 4.78 is 0. The number of hydrogen-bond donors (Lipinski definition) is 0. The van der Waals surface area contributed by atoms with E-state index < -0.39 is 0 Å². The summed E-state index contributed by atoms with van der Waals surface area (Å²) >= 11 is 0. The van der Waals surface area contributed by atoms with E-state index in [1.807, 2.05) is 0 Å². The first-order chi connectivity index (χ1) is 11.8. The van der Waals surface area contributed by atoms with Gasteiger partial charge >= 0.3 is 0 Å². The first-order valence-corrected chi connectivity index (χ1v) is 10.3. The molecule has 0 nitrogen and oxygen atoms in total. The van der Waals surface area contributed by atoms with Crippen LogP contribution in [0.4, 0.5) is 0 Å². The second kappa shape index (κ2) is 6.21. The quantitative estimate of drug-likeness (QED) is 0.445. The van der Waals surface area contributed by atoms with Crippen molar-refractivity contribution in [3.8, 4) is 0 Å². The Morgan fingerprint density at radius 2 is 1.62 bits per heavy atom. The molecule has 3 fully saturated rings. The van der Waals surface area contributed by atoms with Gasteiger partial charge in [-0.1, -0.05) is 59.3 Å². The largest absolute Gasteiger partial charge is 0.0879 e. The molecule has 7 aliphatic rings. The zero-order chi connectivity index (χ0) is 15.9. The fourth-order valence-corrected chi connectivity index (χ4v) is 5.97. The van der Waals surface area contributed by atoms with E-state index in [4.69, 9.17) is 0 Å². The molecule has 5 unspecified atom stereocenters. The summed E-state index contributed by atoms with van der Waals surface area (Å²) in [6.07, 6.45) is 29.2. The van der Waals surface area contributed by atoms with E-state index in [9.17, 15) is 0 Å². The minimum absolute atomic E-state index is 0.925. The zero-order valence-electron chi connectivity index (χ0n) is 14.8. The van der Waals surface area contributed by atoms with E-state index in [1.165, 1.54) is 57.8 Å². The molecule has 3 saturated carbocycles. The van der Waals surface area contributed by atoms with Crippen molar-refractivity contribution in [1.29, 1.82) is 0 Å². The fraction of sp³-hybridized carbons (Fsp3) is 0.583. The second-order valence-corrected chi connectivity index (χ2v) is 8.89. The standard InChI is InChI=1S/C10H12.C7H10.C7H8/c1-2-9-7-4-5-8(6-7)10(9)3-1;2*1-2-7-4-3-6(1)5-7/h1-2,4-5,7-10H,3,6H2;1,7H,2-5H2;1-2H,3-5H2. The first kappa shape index (κ1) is 15.0. The van der Waals surface area contributed by atoms with Gasteiger partial charge in [-0.15, -0.1) is 0 Å². The van der Waals surface area contributed by atoms with Crippen LogP contribution in [0.3, 0.4) is 0 Å². The molecule has 7 aliphatic carbocycles. The van der Waals surface area contributed by atoms with E-state index in [2.05, 4.69) is 42.5 Å². The van der Waals surface area contributed by atoms with Gasteiger partial charge in [0.05, 0.1) is 0 Å². The molecule has 126 valence electrons. The van der Waals surface area contributed by atoms with Crippen molar-refractivity contribution in [2.24, 2.45) is 29.6 Å². The Balaban J connectivity index is 0.0000000839. The first-order valence-electron chi connectivity index (χ1n) is 10.3. The van der Waals surface area contributed by atoms with Gasteiger partial charge in [0.1, 0.15) is 0 Å². The van der Waals surface area contributed by atoms with Crippen LogP contribution < -0.4 is 0 Å². The Labute approximate surface area is 147 Å². The molecule has 0 spiro atoms. The van der Waals surface area contributed by atoms with Gasteiger partial charge in [-0.05, 0) is 87.4 Å². The lowest BCUT2D eigenvalue weighted by molar-refractivity contribution is 0.398. The summed E-state index contributed by atoms with van der Waals surface area (Å²) in [7, 11) is 0. The molecule has 0 aromatic heterocycles. The number of hydrogen-bond acceptors (Lipinski definition) is 0. The van der Waals surface area contributed by atoms with E-state index in [-0.39, 0.29) is 0 Å². The van der Waals surface area contributed by atoms with Crippen LogP contribution in [-0.2, 0) is 0 Å². The number of fused-ring (bicyclic) bond motifs is 9. The Bertz CT molecular complexity index is 636. The Kier molecular flexibility index (Phi) is 3.88. The van der Waals surface area contributed by atoms with Crippen LogP contribution >= 0.6 is 0 Å². The van der Waals surface area contributed by atoms with Crippen LogP contribution in [0.5, 0.6) is 0 Å². The summed E-state index contributed by atoms with van der Waals surface area (Å²) in [5, 5.41) is 0. The smallest absolute Gasteiger partial charge is 0.0102 e. The maximum atomic E-state index is 2.44. The summed E-state index contributed by atoms with van der Waals surface area (Å²) in [4.78, 5) is 0. The van der Waals surface area contributed by atoms with E-state index in [0.29, 0.717) is 0 Å². The van der Waals surface area contributed by atoms with Crippen molar-refractivity contribution in [3.05, 3.63) is 59.3 Å². The van der Waals surface area contributed by atoms with Crippen LogP contribution in [0.2, 0.25) is 0 Å². The molecule has 0 heterocycles. The SMILES string of the molecule is C1=C2CCC(=C1)C2.C1=C2CCC(C1)C2.C1=CC2C3C=CC(C3)C2C1. The van der Waals surface area contributed by atoms with Crippen LogP contribution in [0.15, 0.2) is 59.3 Å². The molecule has 24 heavy (non-hydrogen) atoms.